The van der Waals surface area contributed by atoms with E-state index in [1.807, 2.05) is 30.3 Å². The predicted octanol–water partition coefficient (Wildman–Crippen LogP) is 4.47. The van der Waals surface area contributed by atoms with Crippen molar-refractivity contribution in [3.8, 4) is 5.75 Å². The minimum atomic E-state index is -1.03. The van der Waals surface area contributed by atoms with E-state index < -0.39 is 29.2 Å². The maximum absolute atomic E-state index is 14.3. The highest BCUT2D eigenvalue weighted by Gasteiger charge is 2.24. The van der Waals surface area contributed by atoms with Crippen LogP contribution in [0.4, 0.5) is 14.5 Å². The molecule has 1 fully saturated rings. The molecule has 0 aliphatic carbocycles. The molecule has 1 aliphatic rings. The monoisotopic (exact) mass is 521 g/mol. The van der Waals surface area contributed by atoms with Gasteiger partial charge in [0.25, 0.3) is 11.8 Å². The van der Waals surface area contributed by atoms with Gasteiger partial charge in [0, 0.05) is 36.8 Å². The number of primary amides is 1. The molecule has 0 saturated carbocycles. The number of nitrogens with two attached hydrogens (primary N) is 1. The second-order valence-electron chi connectivity index (χ2n) is 8.87. The molecule has 0 spiro atoms. The average molecular weight is 522 g/mol. The molecule has 10 heteroatoms. The first kappa shape index (κ1) is 25.4. The van der Waals surface area contributed by atoms with Crippen LogP contribution in [0.3, 0.4) is 0 Å². The highest BCUT2D eigenvalue weighted by molar-refractivity contribution is 6.14. The average Bonchev–Trinajstić information content (AvgIpc) is 3.27. The van der Waals surface area contributed by atoms with Crippen LogP contribution in [-0.4, -0.2) is 43.0 Å². The van der Waals surface area contributed by atoms with E-state index in [0.29, 0.717) is 38.2 Å². The Balaban J connectivity index is 1.45. The summed E-state index contributed by atoms with van der Waals surface area (Å²) < 4.78 is 44.9. The van der Waals surface area contributed by atoms with Crippen LogP contribution in [0.5, 0.6) is 5.75 Å². The van der Waals surface area contributed by atoms with Crippen LogP contribution in [0.15, 0.2) is 65.1 Å². The molecule has 4 aromatic rings. The Morgan fingerprint density at radius 1 is 1.03 bits per heavy atom. The zero-order chi connectivity index (χ0) is 26.6. The van der Waals surface area contributed by atoms with Crippen molar-refractivity contribution in [3.63, 3.8) is 0 Å². The fourth-order valence-corrected chi connectivity index (χ4v) is 4.33. The van der Waals surface area contributed by atoms with E-state index in [-0.39, 0.29) is 22.2 Å². The van der Waals surface area contributed by atoms with Crippen LogP contribution in [0.1, 0.15) is 32.0 Å². The van der Waals surface area contributed by atoms with Crippen LogP contribution in [0, 0.1) is 11.6 Å². The summed E-state index contributed by atoms with van der Waals surface area (Å²) in [7, 11) is 0. The Hall–Kier alpha value is -4.28. The van der Waals surface area contributed by atoms with Crippen LogP contribution in [0.2, 0.25) is 0 Å². The number of fused-ring (bicyclic) bond motifs is 1. The minimum Gasteiger partial charge on any atom is -0.489 e. The molecule has 0 atom stereocenters. The van der Waals surface area contributed by atoms with E-state index >= 15 is 0 Å². The van der Waals surface area contributed by atoms with Gasteiger partial charge < -0.3 is 24.9 Å². The van der Waals surface area contributed by atoms with Crippen molar-refractivity contribution in [1.29, 1.82) is 0 Å². The third-order valence-electron chi connectivity index (χ3n) is 6.23. The van der Waals surface area contributed by atoms with E-state index in [1.165, 1.54) is 0 Å². The number of halogens is 2. The third-order valence-corrected chi connectivity index (χ3v) is 6.23. The molecule has 2 amide bonds. The lowest BCUT2D eigenvalue weighted by molar-refractivity contribution is 0.0337. The number of hydrogen-bond acceptors (Lipinski definition) is 6. The van der Waals surface area contributed by atoms with Crippen LogP contribution in [-0.2, 0) is 17.9 Å². The lowest BCUT2D eigenvalue weighted by atomic mass is 10.1. The number of carbonyl (C=O) groups is 2. The first-order valence-corrected chi connectivity index (χ1v) is 12.0. The molecule has 0 radical (unpaired) electrons. The molecule has 3 aromatic carbocycles. The van der Waals surface area contributed by atoms with Gasteiger partial charge >= 0.3 is 0 Å². The summed E-state index contributed by atoms with van der Waals surface area (Å²) in [5.41, 5.74) is 6.82. The first-order valence-electron chi connectivity index (χ1n) is 12.0. The molecular formula is C28H25F2N3O5. The fraction of sp³-hybridized carbons (Fsp3) is 0.214. The molecule has 3 N–H and O–H groups in total. The molecule has 8 nitrogen and oxygen atoms in total. The number of anilines is 1. The maximum Gasteiger partial charge on any atom is 0.286 e. The maximum atomic E-state index is 14.3. The summed E-state index contributed by atoms with van der Waals surface area (Å²) in [5, 5.41) is 2.44. The van der Waals surface area contributed by atoms with E-state index in [2.05, 4.69) is 10.2 Å². The summed E-state index contributed by atoms with van der Waals surface area (Å²) in [6.07, 6.45) is 0. The fourth-order valence-electron chi connectivity index (χ4n) is 4.33. The molecule has 0 bridgehead atoms. The lowest BCUT2D eigenvalue weighted by Gasteiger charge is -2.27. The standard InChI is InChI=1S/C28H25F2N3O5/c29-20-13-21-24(26(27(31)34)38-25(21)22(30)14-20)32-28(35)18-6-7-23(37-16-17-4-2-1-3-5-17)19(12-18)15-33-8-10-36-11-9-33/h1-7,12-14H,8-11,15-16H2,(H2,31,34)(H,32,35). The van der Waals surface area contributed by atoms with Crippen molar-refractivity contribution in [3.05, 3.63) is 94.7 Å². The molecule has 2 heterocycles. The van der Waals surface area contributed by atoms with E-state index in [4.69, 9.17) is 19.6 Å². The third kappa shape index (κ3) is 5.51. The summed E-state index contributed by atoms with van der Waals surface area (Å²) in [5.74, 6) is -3.42. The van der Waals surface area contributed by atoms with E-state index in [0.717, 1.165) is 30.3 Å². The van der Waals surface area contributed by atoms with Crippen molar-refractivity contribution in [2.24, 2.45) is 5.73 Å². The first-order chi connectivity index (χ1) is 18.4. The minimum absolute atomic E-state index is 0.110. The molecule has 38 heavy (non-hydrogen) atoms. The Bertz CT molecular complexity index is 1480. The number of nitrogens with zero attached hydrogens (tertiary/aromatic N) is 1. The van der Waals surface area contributed by atoms with E-state index in [1.54, 1.807) is 18.2 Å². The second kappa shape index (κ2) is 11.0. The van der Waals surface area contributed by atoms with Crippen molar-refractivity contribution in [2.75, 3.05) is 31.6 Å². The Morgan fingerprint density at radius 2 is 1.79 bits per heavy atom. The van der Waals surface area contributed by atoms with Crippen LogP contribution >= 0.6 is 0 Å². The highest BCUT2D eigenvalue weighted by Crippen LogP contribution is 2.34. The zero-order valence-electron chi connectivity index (χ0n) is 20.3. The number of furan rings is 1. The Labute approximate surface area is 216 Å². The van der Waals surface area contributed by atoms with Gasteiger partial charge in [-0.1, -0.05) is 30.3 Å². The number of morpholine rings is 1. The summed E-state index contributed by atoms with van der Waals surface area (Å²) in [4.78, 5) is 27.4. The molecule has 1 aromatic heterocycles. The van der Waals surface area contributed by atoms with Crippen LogP contribution in [0.25, 0.3) is 11.0 Å². The van der Waals surface area contributed by atoms with Gasteiger partial charge in [-0.25, -0.2) is 8.78 Å². The second-order valence-corrected chi connectivity index (χ2v) is 8.87. The number of nitrogens with one attached hydrogen (secondary N) is 1. The van der Waals surface area contributed by atoms with Gasteiger partial charge in [0.15, 0.2) is 11.4 Å². The molecule has 0 unspecified atom stereocenters. The van der Waals surface area contributed by atoms with Crippen molar-refractivity contribution < 1.29 is 32.3 Å². The Morgan fingerprint density at radius 3 is 2.53 bits per heavy atom. The lowest BCUT2D eigenvalue weighted by Crippen LogP contribution is -2.35. The summed E-state index contributed by atoms with van der Waals surface area (Å²) >= 11 is 0. The normalized spacial score (nSPS) is 13.9. The topological polar surface area (TPSA) is 107 Å². The van der Waals surface area contributed by atoms with Crippen molar-refractivity contribution in [1.82, 2.24) is 4.90 Å². The number of benzene rings is 3. The summed E-state index contributed by atoms with van der Waals surface area (Å²) in [6, 6.07) is 16.3. The van der Waals surface area contributed by atoms with E-state index in [9.17, 15) is 18.4 Å². The van der Waals surface area contributed by atoms with Gasteiger partial charge in [0.2, 0.25) is 5.76 Å². The smallest absolute Gasteiger partial charge is 0.286 e. The number of amides is 2. The quantitative estimate of drug-likeness (QED) is 0.354. The number of carbonyl (C=O) groups excluding carboxylic acids is 2. The zero-order valence-corrected chi connectivity index (χ0v) is 20.3. The number of rotatable bonds is 8. The molecule has 1 aliphatic heterocycles. The SMILES string of the molecule is NC(=O)c1oc2c(F)cc(F)cc2c1NC(=O)c1ccc(OCc2ccccc2)c(CN2CCOCC2)c1. The van der Waals surface area contributed by atoms with Gasteiger partial charge in [-0.3, -0.25) is 14.5 Å². The van der Waals surface area contributed by atoms with Gasteiger partial charge in [-0.15, -0.1) is 0 Å². The van der Waals surface area contributed by atoms with Gasteiger partial charge in [0.1, 0.15) is 23.9 Å². The van der Waals surface area contributed by atoms with Crippen LogP contribution < -0.4 is 15.8 Å². The van der Waals surface area contributed by atoms with Gasteiger partial charge in [0.05, 0.1) is 18.6 Å². The Kier molecular flexibility index (Phi) is 7.34. The number of ether oxygens (including phenoxy) is 2. The van der Waals surface area contributed by atoms with Gasteiger partial charge in [-0.05, 0) is 29.8 Å². The molecule has 196 valence electrons. The molecular weight excluding hydrogens is 496 g/mol. The largest absolute Gasteiger partial charge is 0.489 e. The molecule has 1 saturated heterocycles. The number of hydrogen-bond donors (Lipinski definition) is 2. The van der Waals surface area contributed by atoms with Crippen molar-refractivity contribution >= 4 is 28.5 Å². The van der Waals surface area contributed by atoms with Gasteiger partial charge in [-0.2, -0.15) is 0 Å². The van der Waals surface area contributed by atoms with Crippen molar-refractivity contribution in [2.45, 2.75) is 13.2 Å². The summed E-state index contributed by atoms with van der Waals surface area (Å²) in [6.45, 7) is 3.55. The highest BCUT2D eigenvalue weighted by atomic mass is 19.1. The predicted molar refractivity (Wildman–Crippen MR) is 136 cm³/mol. The molecule has 5 rings (SSSR count).